The lowest BCUT2D eigenvalue weighted by Crippen LogP contribution is -2.35. The van der Waals surface area contributed by atoms with Gasteiger partial charge >= 0.3 is 0 Å². The van der Waals surface area contributed by atoms with Gasteiger partial charge in [0.25, 0.3) is 11.8 Å². The first-order valence-corrected chi connectivity index (χ1v) is 10.9. The van der Waals surface area contributed by atoms with E-state index >= 15 is 0 Å². The Bertz CT molecular complexity index is 1280. The van der Waals surface area contributed by atoms with Gasteiger partial charge in [-0.2, -0.15) is 0 Å². The molecule has 0 radical (unpaired) electrons. The largest absolute Gasteiger partial charge is 0.332 e. The minimum atomic E-state index is -0.315. The molecule has 160 valence electrons. The third-order valence-electron chi connectivity index (χ3n) is 4.90. The van der Waals surface area contributed by atoms with Crippen LogP contribution in [0.15, 0.2) is 84.2 Å². The zero-order valence-corrected chi connectivity index (χ0v) is 18.2. The number of hydrogen-bond donors (Lipinski definition) is 2. The predicted octanol–water partition coefficient (Wildman–Crippen LogP) is 4.86. The van der Waals surface area contributed by atoms with Crippen molar-refractivity contribution in [3.05, 3.63) is 94.7 Å². The molecule has 6 nitrogen and oxygen atoms in total. The van der Waals surface area contributed by atoms with Crippen LogP contribution in [-0.2, 0) is 4.79 Å². The smallest absolute Gasteiger partial charge is 0.265 e. The Kier molecular flexibility index (Phi) is 6.28. The van der Waals surface area contributed by atoms with Crippen molar-refractivity contribution in [1.29, 1.82) is 0 Å². The number of benzene rings is 3. The summed E-state index contributed by atoms with van der Waals surface area (Å²) in [6, 6.07) is 23.7. The summed E-state index contributed by atoms with van der Waals surface area (Å²) >= 11 is 1.34. The number of carbonyl (C=O) groups is 3. The molecule has 0 aliphatic heterocycles. The van der Waals surface area contributed by atoms with Gasteiger partial charge in [0.05, 0.1) is 11.4 Å². The highest BCUT2D eigenvalue weighted by atomic mass is 32.1. The molecule has 0 bridgehead atoms. The van der Waals surface area contributed by atoms with Gasteiger partial charge in [0.15, 0.2) is 0 Å². The van der Waals surface area contributed by atoms with Crippen molar-refractivity contribution < 1.29 is 14.4 Å². The van der Waals surface area contributed by atoms with Crippen LogP contribution in [0.4, 0.5) is 11.4 Å². The molecule has 3 aromatic carbocycles. The lowest BCUT2D eigenvalue weighted by atomic mass is 10.1. The van der Waals surface area contributed by atoms with Gasteiger partial charge in [-0.25, -0.2) is 0 Å². The second-order valence-corrected chi connectivity index (χ2v) is 8.20. The molecule has 0 spiro atoms. The molecular formula is C25H21N3O3S. The number of carbonyl (C=O) groups excluding carboxylic acids is 3. The van der Waals surface area contributed by atoms with E-state index in [9.17, 15) is 14.4 Å². The molecule has 1 aromatic heterocycles. The van der Waals surface area contributed by atoms with Gasteiger partial charge < -0.3 is 15.5 Å². The second-order valence-electron chi connectivity index (χ2n) is 7.25. The average molecular weight is 444 g/mol. The number of nitrogens with one attached hydrogen (secondary N) is 2. The molecule has 0 unspecified atom stereocenters. The van der Waals surface area contributed by atoms with E-state index in [-0.39, 0.29) is 24.3 Å². The molecule has 0 aliphatic carbocycles. The fraction of sp³-hybridized carbons (Fsp3) is 0.0800. The molecule has 0 aliphatic rings. The van der Waals surface area contributed by atoms with Crippen LogP contribution >= 0.6 is 11.3 Å². The maximum absolute atomic E-state index is 12.8. The Morgan fingerprint density at radius 2 is 1.66 bits per heavy atom. The standard InChI is InChI=1S/C25H21N3O3S/c1-28(16-23(29)27-21-12-5-8-17-7-2-3-11-20(17)21)25(31)18-9-4-10-19(15-18)26-24(30)22-13-6-14-32-22/h2-15H,16H2,1H3,(H,26,30)(H,27,29). The molecule has 4 aromatic rings. The number of hydrogen-bond acceptors (Lipinski definition) is 4. The second kappa shape index (κ2) is 9.45. The van der Waals surface area contributed by atoms with Crippen molar-refractivity contribution in [1.82, 2.24) is 4.90 Å². The molecule has 32 heavy (non-hydrogen) atoms. The molecule has 3 amide bonds. The van der Waals surface area contributed by atoms with Crippen molar-refractivity contribution in [3.63, 3.8) is 0 Å². The predicted molar refractivity (Wildman–Crippen MR) is 128 cm³/mol. The van der Waals surface area contributed by atoms with Gasteiger partial charge in [-0.3, -0.25) is 14.4 Å². The lowest BCUT2D eigenvalue weighted by Gasteiger charge is -2.18. The Labute approximate surface area is 189 Å². The molecule has 2 N–H and O–H groups in total. The van der Waals surface area contributed by atoms with Crippen LogP contribution in [0, 0.1) is 0 Å². The van der Waals surface area contributed by atoms with Gasteiger partial charge in [0.2, 0.25) is 5.91 Å². The van der Waals surface area contributed by atoms with Gasteiger partial charge in [-0.1, -0.05) is 48.5 Å². The van der Waals surface area contributed by atoms with E-state index in [4.69, 9.17) is 0 Å². The number of nitrogens with zero attached hydrogens (tertiary/aromatic N) is 1. The van der Waals surface area contributed by atoms with E-state index in [1.165, 1.54) is 16.2 Å². The van der Waals surface area contributed by atoms with Crippen LogP contribution in [0.2, 0.25) is 0 Å². The fourth-order valence-electron chi connectivity index (χ4n) is 3.36. The quantitative estimate of drug-likeness (QED) is 0.447. The number of fused-ring (bicyclic) bond motifs is 1. The normalized spacial score (nSPS) is 10.5. The fourth-order valence-corrected chi connectivity index (χ4v) is 3.98. The van der Waals surface area contributed by atoms with Gasteiger partial charge in [0, 0.05) is 29.4 Å². The number of amides is 3. The van der Waals surface area contributed by atoms with E-state index in [1.54, 1.807) is 43.4 Å². The summed E-state index contributed by atoms with van der Waals surface area (Å²) in [5.41, 5.74) is 1.60. The van der Waals surface area contributed by atoms with Crippen LogP contribution < -0.4 is 10.6 Å². The summed E-state index contributed by atoms with van der Waals surface area (Å²) in [7, 11) is 1.57. The summed E-state index contributed by atoms with van der Waals surface area (Å²) < 4.78 is 0. The number of likely N-dealkylation sites (N-methyl/N-ethyl adjacent to an activating group) is 1. The first-order valence-electron chi connectivity index (χ1n) is 9.99. The molecule has 0 atom stereocenters. The van der Waals surface area contributed by atoms with E-state index < -0.39 is 0 Å². The van der Waals surface area contributed by atoms with Crippen LogP contribution in [0.1, 0.15) is 20.0 Å². The highest BCUT2D eigenvalue weighted by Gasteiger charge is 2.17. The first kappa shape index (κ1) is 21.3. The Morgan fingerprint density at radius 1 is 0.875 bits per heavy atom. The third kappa shape index (κ3) is 4.84. The Balaban J connectivity index is 1.41. The summed E-state index contributed by atoms with van der Waals surface area (Å²) in [4.78, 5) is 39.6. The van der Waals surface area contributed by atoms with Crippen molar-refractivity contribution in [2.45, 2.75) is 0 Å². The van der Waals surface area contributed by atoms with Crippen LogP contribution in [0.3, 0.4) is 0 Å². The average Bonchev–Trinajstić information content (AvgIpc) is 3.34. The van der Waals surface area contributed by atoms with E-state index in [2.05, 4.69) is 10.6 Å². The highest BCUT2D eigenvalue weighted by Crippen LogP contribution is 2.23. The van der Waals surface area contributed by atoms with Gasteiger partial charge in [-0.05, 0) is 41.1 Å². The zero-order chi connectivity index (χ0) is 22.5. The number of rotatable bonds is 6. The zero-order valence-electron chi connectivity index (χ0n) is 17.4. The Hall–Kier alpha value is -3.97. The first-order chi connectivity index (χ1) is 15.5. The summed E-state index contributed by atoms with van der Waals surface area (Å²) in [5, 5.41) is 9.46. The van der Waals surface area contributed by atoms with E-state index in [0.717, 1.165) is 10.8 Å². The van der Waals surface area contributed by atoms with E-state index in [0.29, 0.717) is 21.8 Å². The number of anilines is 2. The molecule has 4 rings (SSSR count). The molecule has 1 heterocycles. The Morgan fingerprint density at radius 3 is 2.47 bits per heavy atom. The monoisotopic (exact) mass is 443 g/mol. The highest BCUT2D eigenvalue weighted by molar-refractivity contribution is 7.12. The molecule has 7 heteroatoms. The van der Waals surface area contributed by atoms with Crippen molar-refractivity contribution in [3.8, 4) is 0 Å². The van der Waals surface area contributed by atoms with Crippen LogP contribution in [0.25, 0.3) is 10.8 Å². The summed E-state index contributed by atoms with van der Waals surface area (Å²) in [5.74, 6) is -0.836. The molecule has 0 saturated carbocycles. The maximum atomic E-state index is 12.8. The summed E-state index contributed by atoms with van der Waals surface area (Å²) in [6.45, 7) is -0.103. The van der Waals surface area contributed by atoms with E-state index in [1.807, 2.05) is 47.8 Å². The van der Waals surface area contributed by atoms with Crippen molar-refractivity contribution in [2.24, 2.45) is 0 Å². The minimum Gasteiger partial charge on any atom is -0.332 e. The van der Waals surface area contributed by atoms with Crippen LogP contribution in [-0.4, -0.2) is 36.2 Å². The third-order valence-corrected chi connectivity index (χ3v) is 5.77. The SMILES string of the molecule is CN(CC(=O)Nc1cccc2ccccc12)C(=O)c1cccc(NC(=O)c2cccs2)c1. The van der Waals surface area contributed by atoms with Gasteiger partial charge in [0.1, 0.15) is 0 Å². The van der Waals surface area contributed by atoms with Crippen molar-refractivity contribution >= 4 is 51.2 Å². The summed E-state index contributed by atoms with van der Waals surface area (Å²) in [6.07, 6.45) is 0. The van der Waals surface area contributed by atoms with Crippen LogP contribution in [0.5, 0.6) is 0 Å². The molecule has 0 saturated heterocycles. The lowest BCUT2D eigenvalue weighted by molar-refractivity contribution is -0.116. The van der Waals surface area contributed by atoms with Crippen molar-refractivity contribution in [2.75, 3.05) is 24.2 Å². The van der Waals surface area contributed by atoms with Gasteiger partial charge in [-0.15, -0.1) is 11.3 Å². The topological polar surface area (TPSA) is 78.5 Å². The maximum Gasteiger partial charge on any atom is 0.265 e. The molecular weight excluding hydrogens is 422 g/mol. The minimum absolute atomic E-state index is 0.103. The number of thiophene rings is 1. The molecule has 0 fully saturated rings.